The zero-order valence-electron chi connectivity index (χ0n) is 14.2. The van der Waals surface area contributed by atoms with Crippen LogP contribution in [0.15, 0.2) is 52.4 Å². The highest BCUT2D eigenvalue weighted by atomic mass is 32.1. The number of aromatic nitrogens is 2. The maximum atomic E-state index is 12.5. The molecule has 1 fully saturated rings. The van der Waals surface area contributed by atoms with Crippen molar-refractivity contribution in [1.82, 2.24) is 15.5 Å². The first-order valence-corrected chi connectivity index (χ1v) is 9.53. The standard InChI is InChI=1S/C19H20N4O2S/c20-19(9-5-10-19)18-22-17(25-23-18)14(12-13-6-2-1-3-7-13)21-16(24)15-8-4-11-26-15/h1-4,6-8,11,14H,5,9-10,12,20H2,(H,21,24). The molecule has 6 nitrogen and oxygen atoms in total. The molecule has 0 aliphatic heterocycles. The molecule has 1 atom stereocenters. The Hall–Kier alpha value is -2.51. The SMILES string of the molecule is NC1(c2noc(C(Cc3ccccc3)NC(=O)c3cccs3)n2)CCC1. The Balaban J connectivity index is 1.58. The van der Waals surface area contributed by atoms with E-state index in [1.807, 2.05) is 41.8 Å². The minimum atomic E-state index is -0.489. The van der Waals surface area contributed by atoms with Crippen LogP contribution in [0.1, 0.15) is 52.3 Å². The number of amides is 1. The summed E-state index contributed by atoms with van der Waals surface area (Å²) in [6, 6.07) is 13.2. The van der Waals surface area contributed by atoms with Gasteiger partial charge >= 0.3 is 0 Å². The fraction of sp³-hybridized carbons (Fsp3) is 0.316. The van der Waals surface area contributed by atoms with E-state index in [1.165, 1.54) is 11.3 Å². The molecule has 1 aromatic carbocycles. The smallest absolute Gasteiger partial charge is 0.262 e. The van der Waals surface area contributed by atoms with E-state index >= 15 is 0 Å². The molecule has 1 saturated carbocycles. The summed E-state index contributed by atoms with van der Waals surface area (Å²) in [5.74, 6) is 0.777. The zero-order valence-corrected chi connectivity index (χ0v) is 15.0. The molecular weight excluding hydrogens is 348 g/mol. The lowest BCUT2D eigenvalue weighted by Crippen LogP contribution is -2.44. The molecule has 3 aromatic rings. The van der Waals surface area contributed by atoms with Crippen LogP contribution >= 0.6 is 11.3 Å². The molecule has 3 N–H and O–H groups in total. The quantitative estimate of drug-likeness (QED) is 0.697. The Morgan fingerprint density at radius 2 is 2.08 bits per heavy atom. The van der Waals surface area contributed by atoms with Crippen LogP contribution in [-0.4, -0.2) is 16.0 Å². The summed E-state index contributed by atoms with van der Waals surface area (Å²) in [7, 11) is 0. The number of hydrogen-bond donors (Lipinski definition) is 2. The van der Waals surface area contributed by atoms with Gasteiger partial charge in [-0.1, -0.05) is 41.6 Å². The zero-order chi connectivity index (χ0) is 18.0. The van der Waals surface area contributed by atoms with Crippen molar-refractivity contribution >= 4 is 17.2 Å². The van der Waals surface area contributed by atoms with Gasteiger partial charge in [-0.3, -0.25) is 4.79 Å². The maximum Gasteiger partial charge on any atom is 0.262 e. The average Bonchev–Trinajstić information content (AvgIpc) is 3.32. The molecule has 26 heavy (non-hydrogen) atoms. The summed E-state index contributed by atoms with van der Waals surface area (Å²) >= 11 is 1.40. The van der Waals surface area contributed by atoms with Crippen LogP contribution in [0.4, 0.5) is 0 Å². The third-order valence-corrected chi connectivity index (χ3v) is 5.63. The number of nitrogens with two attached hydrogens (primary N) is 1. The lowest BCUT2D eigenvalue weighted by molar-refractivity contribution is 0.0932. The van der Waals surface area contributed by atoms with Gasteiger partial charge in [0.05, 0.1) is 10.4 Å². The molecule has 134 valence electrons. The molecule has 0 bridgehead atoms. The van der Waals surface area contributed by atoms with Gasteiger partial charge in [0.1, 0.15) is 6.04 Å². The van der Waals surface area contributed by atoms with E-state index in [4.69, 9.17) is 10.3 Å². The van der Waals surface area contributed by atoms with E-state index < -0.39 is 11.6 Å². The van der Waals surface area contributed by atoms with Crippen molar-refractivity contribution in [3.8, 4) is 0 Å². The maximum absolute atomic E-state index is 12.5. The third-order valence-electron chi connectivity index (χ3n) is 4.76. The van der Waals surface area contributed by atoms with Crippen LogP contribution in [0, 0.1) is 0 Å². The van der Waals surface area contributed by atoms with Gasteiger partial charge in [-0.2, -0.15) is 4.98 Å². The number of nitrogens with one attached hydrogen (secondary N) is 1. The molecular formula is C19H20N4O2S. The molecule has 7 heteroatoms. The second kappa shape index (κ2) is 7.01. The van der Waals surface area contributed by atoms with Crippen molar-refractivity contribution in [2.24, 2.45) is 5.73 Å². The molecule has 2 heterocycles. The highest BCUT2D eigenvalue weighted by Gasteiger charge is 2.39. The molecule has 1 unspecified atom stereocenters. The lowest BCUT2D eigenvalue weighted by Gasteiger charge is -2.34. The number of carbonyl (C=O) groups is 1. The Kier molecular flexibility index (Phi) is 4.57. The van der Waals surface area contributed by atoms with Gasteiger partial charge in [0.25, 0.3) is 5.91 Å². The Morgan fingerprint density at radius 3 is 2.73 bits per heavy atom. The second-order valence-corrected chi connectivity index (χ2v) is 7.61. The largest absolute Gasteiger partial charge is 0.339 e. The lowest BCUT2D eigenvalue weighted by atomic mass is 9.77. The monoisotopic (exact) mass is 368 g/mol. The summed E-state index contributed by atoms with van der Waals surface area (Å²) < 4.78 is 5.49. The van der Waals surface area contributed by atoms with Crippen LogP contribution in [0.5, 0.6) is 0 Å². The van der Waals surface area contributed by atoms with Gasteiger partial charge in [-0.25, -0.2) is 0 Å². The average molecular weight is 368 g/mol. The van der Waals surface area contributed by atoms with Crippen molar-refractivity contribution in [3.63, 3.8) is 0 Å². The first-order valence-electron chi connectivity index (χ1n) is 8.65. The highest BCUT2D eigenvalue weighted by Crippen LogP contribution is 2.37. The van der Waals surface area contributed by atoms with E-state index in [0.717, 1.165) is 24.8 Å². The molecule has 0 radical (unpaired) electrons. The van der Waals surface area contributed by atoms with Crippen molar-refractivity contribution in [2.75, 3.05) is 0 Å². The number of carbonyl (C=O) groups excluding carboxylic acids is 1. The fourth-order valence-electron chi connectivity index (χ4n) is 3.05. The number of hydrogen-bond acceptors (Lipinski definition) is 6. The summed E-state index contributed by atoms with van der Waals surface area (Å²) in [5, 5.41) is 8.98. The summed E-state index contributed by atoms with van der Waals surface area (Å²) in [4.78, 5) is 17.7. The number of benzene rings is 1. The van der Waals surface area contributed by atoms with Gasteiger partial charge in [0, 0.05) is 6.42 Å². The van der Waals surface area contributed by atoms with Crippen molar-refractivity contribution in [2.45, 2.75) is 37.3 Å². The van der Waals surface area contributed by atoms with Crippen LogP contribution in [0.2, 0.25) is 0 Å². The van der Waals surface area contributed by atoms with Gasteiger partial charge < -0.3 is 15.6 Å². The topological polar surface area (TPSA) is 94.0 Å². The van der Waals surface area contributed by atoms with Crippen LogP contribution in [0.3, 0.4) is 0 Å². The predicted octanol–water partition coefficient (Wildman–Crippen LogP) is 3.18. The summed E-state index contributed by atoms with van der Waals surface area (Å²) in [6.07, 6.45) is 3.36. The Bertz CT molecular complexity index is 872. The number of nitrogens with zero attached hydrogens (tertiary/aromatic N) is 2. The molecule has 1 aliphatic rings. The molecule has 0 spiro atoms. The van der Waals surface area contributed by atoms with Crippen molar-refractivity contribution in [1.29, 1.82) is 0 Å². The van der Waals surface area contributed by atoms with Gasteiger partial charge in [-0.05, 0) is 36.3 Å². The fourth-order valence-corrected chi connectivity index (χ4v) is 3.67. The number of thiophene rings is 1. The van der Waals surface area contributed by atoms with Crippen LogP contribution in [0.25, 0.3) is 0 Å². The minimum absolute atomic E-state index is 0.146. The molecule has 1 amide bonds. The number of rotatable bonds is 6. The molecule has 1 aliphatic carbocycles. The first kappa shape index (κ1) is 16.9. The van der Waals surface area contributed by atoms with Crippen LogP contribution < -0.4 is 11.1 Å². The summed E-state index contributed by atoms with van der Waals surface area (Å²) in [6.45, 7) is 0. The van der Waals surface area contributed by atoms with Crippen LogP contribution in [-0.2, 0) is 12.0 Å². The van der Waals surface area contributed by atoms with E-state index in [2.05, 4.69) is 15.5 Å². The minimum Gasteiger partial charge on any atom is -0.339 e. The molecule has 4 rings (SSSR count). The van der Waals surface area contributed by atoms with Gasteiger partial charge in [0.2, 0.25) is 5.89 Å². The van der Waals surface area contributed by atoms with E-state index in [1.54, 1.807) is 6.07 Å². The Labute approximate surface area is 155 Å². The Morgan fingerprint density at radius 1 is 1.27 bits per heavy atom. The van der Waals surface area contributed by atoms with Crippen molar-refractivity contribution in [3.05, 3.63) is 70.0 Å². The third kappa shape index (κ3) is 3.40. The van der Waals surface area contributed by atoms with Gasteiger partial charge in [0.15, 0.2) is 5.82 Å². The van der Waals surface area contributed by atoms with E-state index in [9.17, 15) is 4.79 Å². The highest BCUT2D eigenvalue weighted by molar-refractivity contribution is 7.12. The summed E-state index contributed by atoms with van der Waals surface area (Å²) in [5.41, 5.74) is 6.89. The van der Waals surface area contributed by atoms with E-state index in [0.29, 0.717) is 23.0 Å². The first-order chi connectivity index (χ1) is 12.6. The molecule has 2 aromatic heterocycles. The van der Waals surface area contributed by atoms with E-state index in [-0.39, 0.29) is 5.91 Å². The second-order valence-electron chi connectivity index (χ2n) is 6.66. The normalized spacial score (nSPS) is 16.7. The van der Waals surface area contributed by atoms with Crippen molar-refractivity contribution < 1.29 is 9.32 Å². The predicted molar refractivity (Wildman–Crippen MR) is 98.7 cm³/mol. The molecule has 0 saturated heterocycles. The van der Waals surface area contributed by atoms with Gasteiger partial charge in [-0.15, -0.1) is 11.3 Å².